The summed E-state index contributed by atoms with van der Waals surface area (Å²) in [6.07, 6.45) is 0. The molecule has 17 rings (SSSR count). The fourth-order valence-electron chi connectivity index (χ4n) is 20.0. The van der Waals surface area contributed by atoms with Crippen molar-refractivity contribution in [2.45, 2.75) is 294 Å². The van der Waals surface area contributed by atoms with Gasteiger partial charge in [0, 0.05) is 67.4 Å². The van der Waals surface area contributed by atoms with E-state index in [0.29, 0.717) is 5.69 Å². The normalized spacial score (nSPS) is 15.1. The fraction of sp³-hybridized carbons (Fsp3) is 0.366. The van der Waals surface area contributed by atoms with E-state index in [0.717, 1.165) is 112 Å². The third kappa shape index (κ3) is 15.7. The molecule has 0 N–H and O–H groups in total. The van der Waals surface area contributed by atoms with Gasteiger partial charge in [-0.3, -0.25) is 0 Å². The smallest absolute Gasteiger partial charge is 0.252 e. The van der Waals surface area contributed by atoms with Gasteiger partial charge in [-0.05, 0) is 254 Å². The van der Waals surface area contributed by atoms with Gasteiger partial charge in [0.1, 0.15) is 0 Å². The van der Waals surface area contributed by atoms with Crippen LogP contribution in [-0.2, 0) is 59.6 Å². The number of hydrogen-bond acceptors (Lipinski definition) is 2. The highest BCUT2D eigenvalue weighted by atomic mass is 15.2. The van der Waals surface area contributed by atoms with Gasteiger partial charge in [-0.25, -0.2) is 0 Å². The van der Waals surface area contributed by atoms with Gasteiger partial charge in [0.05, 0.1) is 33.4 Å². The van der Waals surface area contributed by atoms with Crippen LogP contribution in [0.2, 0.25) is 0 Å². The molecule has 650 valence electrons. The van der Waals surface area contributed by atoms with Crippen LogP contribution in [0.3, 0.4) is 0 Å². The molecule has 0 spiro atoms. The fourth-order valence-corrected chi connectivity index (χ4v) is 20.0. The van der Waals surface area contributed by atoms with Crippen molar-refractivity contribution in [1.82, 2.24) is 4.57 Å². The molecule has 13 aromatic carbocycles. The van der Waals surface area contributed by atoms with Crippen LogP contribution >= 0.6 is 0 Å². The maximum absolute atomic E-state index is 10.2. The Hall–Kier alpha value is -10.7. The lowest BCUT2D eigenvalue weighted by atomic mass is 9.33. The van der Waals surface area contributed by atoms with Gasteiger partial charge in [-0.2, -0.15) is 0 Å². The first-order chi connectivity index (χ1) is 62.3. The lowest BCUT2D eigenvalue weighted by molar-refractivity contribution is 0.569. The van der Waals surface area contributed by atoms with Crippen LogP contribution < -0.4 is 26.2 Å². The van der Waals surface area contributed by atoms with Crippen LogP contribution in [0.15, 0.2) is 242 Å². The molecule has 1 aliphatic carbocycles. The topological polar surface area (TPSA) is 11.4 Å². The van der Waals surface area contributed by atoms with Crippen LogP contribution in [0.4, 0.5) is 34.1 Å². The summed E-state index contributed by atoms with van der Waals surface area (Å²) in [4.78, 5) is 5.36. The molecule has 3 heterocycles. The molecule has 0 fully saturated rings. The van der Waals surface area contributed by atoms with E-state index in [1.54, 1.807) is 4.57 Å². The van der Waals surface area contributed by atoms with Crippen molar-refractivity contribution >= 4 is 79.0 Å². The van der Waals surface area contributed by atoms with Crippen molar-refractivity contribution in [2.75, 3.05) is 9.80 Å². The van der Waals surface area contributed by atoms with E-state index in [-0.39, 0.29) is 95.2 Å². The van der Waals surface area contributed by atoms with Gasteiger partial charge in [-0.15, -0.1) is 0 Å². The molecule has 0 saturated carbocycles. The first-order valence-corrected chi connectivity index (χ1v) is 46.5. The Balaban J connectivity index is 1.15. The second-order valence-electron chi connectivity index (χ2n) is 48.7. The third-order valence-corrected chi connectivity index (χ3v) is 27.8. The Labute approximate surface area is 775 Å². The Bertz CT molecular complexity index is 7100. The van der Waals surface area contributed by atoms with Crippen LogP contribution in [0, 0.1) is 0 Å². The van der Waals surface area contributed by atoms with E-state index < -0.39 is 47.1 Å². The lowest BCUT2D eigenvalue weighted by Gasteiger charge is -2.47. The molecule has 3 aliphatic rings. The second-order valence-corrected chi connectivity index (χ2v) is 48.7. The number of nitrogens with zero attached hydrogens (tertiary/aromatic N) is 3. The number of benzene rings is 13. The number of rotatable bonds is 8. The molecule has 0 radical (unpaired) electrons. The maximum Gasteiger partial charge on any atom is 0.252 e. The number of aromatic nitrogens is 1. The zero-order chi connectivity index (χ0) is 98.6. The van der Waals surface area contributed by atoms with Crippen LogP contribution in [0.25, 0.3) is 83.1 Å². The first-order valence-electron chi connectivity index (χ1n) is 50.5. The van der Waals surface area contributed by atoms with E-state index >= 15 is 0 Å². The number of para-hydroxylation sites is 2. The zero-order valence-electron chi connectivity index (χ0n) is 90.5. The predicted octanol–water partition coefficient (Wildman–Crippen LogP) is 33.0. The molecule has 0 saturated heterocycles. The Morgan fingerprint density at radius 3 is 1.08 bits per heavy atom. The van der Waals surface area contributed by atoms with Gasteiger partial charge in [0.25, 0.3) is 6.71 Å². The molecular formula is C123H140BN3. The van der Waals surface area contributed by atoms with Crippen LogP contribution in [0.1, 0.15) is 323 Å². The van der Waals surface area contributed by atoms with Gasteiger partial charge < -0.3 is 14.4 Å². The summed E-state index contributed by atoms with van der Waals surface area (Å²) < 4.78 is 79.7. The van der Waals surface area contributed by atoms with Crippen molar-refractivity contribution in [3.63, 3.8) is 0 Å². The summed E-state index contributed by atoms with van der Waals surface area (Å²) in [5.41, 5.74) is 34.2. The molecule has 2 aliphatic heterocycles. The minimum atomic E-state index is -0.554. The van der Waals surface area contributed by atoms with Gasteiger partial charge in [-0.1, -0.05) is 404 Å². The van der Waals surface area contributed by atoms with Crippen molar-refractivity contribution in [3.05, 3.63) is 320 Å². The Morgan fingerprint density at radius 1 is 0.260 bits per heavy atom. The zero-order valence-corrected chi connectivity index (χ0v) is 82.5. The maximum atomic E-state index is 10.2. The van der Waals surface area contributed by atoms with Crippen LogP contribution in [-0.4, -0.2) is 11.3 Å². The van der Waals surface area contributed by atoms with Crippen LogP contribution in [0.5, 0.6) is 0 Å². The summed E-state index contributed by atoms with van der Waals surface area (Å²) in [6.45, 7) is 76.5. The highest BCUT2D eigenvalue weighted by molar-refractivity contribution is 7.00. The van der Waals surface area contributed by atoms with Crippen molar-refractivity contribution < 1.29 is 11.0 Å². The summed E-state index contributed by atoms with van der Waals surface area (Å²) in [5, 5.41) is 0.0370. The average Bonchev–Trinajstić information content (AvgIpc) is 1.45. The summed E-state index contributed by atoms with van der Waals surface area (Å²) in [6, 6.07) is 73.5. The van der Waals surface area contributed by atoms with E-state index in [1.807, 2.05) is 0 Å². The minimum Gasteiger partial charge on any atom is -0.310 e. The van der Waals surface area contributed by atoms with E-state index in [1.165, 1.54) is 72.3 Å². The monoisotopic (exact) mass is 1680 g/mol. The van der Waals surface area contributed by atoms with E-state index in [2.05, 4.69) is 432 Å². The molecule has 3 nitrogen and oxygen atoms in total. The van der Waals surface area contributed by atoms with Gasteiger partial charge in [0.15, 0.2) is 0 Å². The van der Waals surface area contributed by atoms with Crippen molar-refractivity contribution in [3.8, 4) is 61.3 Å². The quantitative estimate of drug-likeness (QED) is 0.141. The molecule has 14 aromatic rings. The molecule has 0 amide bonds. The van der Waals surface area contributed by atoms with Gasteiger partial charge in [0.2, 0.25) is 0 Å². The van der Waals surface area contributed by atoms with E-state index in [4.69, 9.17) is 0 Å². The number of anilines is 6. The highest BCUT2D eigenvalue weighted by Crippen LogP contribution is 2.60. The molecular weight excluding hydrogens is 1530 g/mol. The Morgan fingerprint density at radius 2 is 0.622 bits per heavy atom. The molecule has 1 aromatic heterocycles. The standard InChI is InChI=1S/C123H140BN3/c1-113(2,3)77-49-46-74(47-50-77)92-67-83(119(19,20)21)70-98(96-66-80(116(10,11)12)53-57-100(96)123(31,32)33)111(92)126-105-62-75(109-90-55-51-78(114(4,5)6)64-94(90)95-65-79(115(7,8)9)52-56-91(95)109)48-58-101(105)124-102-59-54-86(125-103-44-38-35-41-88(103)89-42-36-39-45-104(89)125)73-106(102)127(108-72-85(121(25,26)27)71-107(126)110(108)124)112-93(76-60-81(117(13,14)15)63-82(61-76)118(16,17)18)68-84(120(22,23)24)69-97(112)87-40-34-37-43-99(87)122(28,29)30/h34-73,109H,1-33H3/i35D,36D,38D,39D,41D,42D,44D,45D. The third-order valence-electron chi connectivity index (χ3n) is 27.8. The summed E-state index contributed by atoms with van der Waals surface area (Å²) in [5.74, 6) is -0.198. The number of hydrogen-bond donors (Lipinski definition) is 0. The lowest BCUT2D eigenvalue weighted by Crippen LogP contribution is -2.61. The van der Waals surface area contributed by atoms with Crippen molar-refractivity contribution in [2.24, 2.45) is 0 Å². The molecule has 0 unspecified atom stereocenters. The molecule has 127 heavy (non-hydrogen) atoms. The predicted molar refractivity (Wildman–Crippen MR) is 555 cm³/mol. The SMILES string of the molecule is [2H]c1c([2H])c([2H])c2c(c1[2H])c1c([2H])c([2H])c([2H])c([2H])c1n2-c1ccc2c(c1)N(c1c(-c3cc(C(C)(C)C)cc(C(C)(C)C)c3)cc(C(C)(C)C)cc1-c1ccccc1C(C)(C)C)c1cc(C(C)(C)C)cc3c1B2c1ccc(C2c4ccc(C(C)(C)C)cc4-c4cc(C(C)(C)C)ccc42)cc1N3c1c(-c2ccc(C(C)(C)C)cc2)cc(C(C)(C)C)cc1-c1cc(C(C)(C)C)ccc1C(C)(C)C. The largest absolute Gasteiger partial charge is 0.310 e. The first kappa shape index (κ1) is 78.6. The molecule has 0 atom stereocenters. The average molecular weight is 1680 g/mol. The second kappa shape index (κ2) is 30.0. The highest BCUT2D eigenvalue weighted by Gasteiger charge is 2.48. The number of fused-ring (bicyclic) bond motifs is 10. The van der Waals surface area contributed by atoms with Crippen molar-refractivity contribution in [1.29, 1.82) is 0 Å². The summed E-state index contributed by atoms with van der Waals surface area (Å²) in [7, 11) is 0. The molecule has 0 bridgehead atoms. The van der Waals surface area contributed by atoms with E-state index in [9.17, 15) is 11.0 Å². The van der Waals surface area contributed by atoms with Gasteiger partial charge >= 0.3 is 0 Å². The Kier molecular flexibility index (Phi) is 18.5. The minimum absolute atomic E-state index is 0.0185. The summed E-state index contributed by atoms with van der Waals surface area (Å²) >= 11 is 0. The molecule has 4 heteroatoms.